The van der Waals surface area contributed by atoms with Crippen molar-refractivity contribution in [1.82, 2.24) is 26.4 Å². The molecule has 10 heteroatoms. The van der Waals surface area contributed by atoms with Crippen LogP contribution < -0.4 is 33.0 Å². The Labute approximate surface area is 186 Å². The van der Waals surface area contributed by atoms with Crippen LogP contribution in [-0.2, 0) is 6.54 Å². The Morgan fingerprint density at radius 2 is 2.03 bits per heavy atom. The molecule has 8 N–H and O–H groups in total. The highest BCUT2D eigenvalue weighted by atomic mass is 35.5. The molecular weight excluding hydrogens is 423 g/mol. The zero-order valence-corrected chi connectivity index (χ0v) is 18.2. The number of amidine groups is 1. The SMILES string of the molecule is NC1=C(/C=C(\N)C2N=C(C3CCNCC3)NN2)N(Cc2cc(Cl)ccc2Cl)CCN1. The minimum atomic E-state index is -0.325. The molecule has 1 fully saturated rings. The smallest absolute Gasteiger partial charge is 0.158 e. The number of hydrogen-bond acceptors (Lipinski definition) is 8. The molecule has 3 heterocycles. The number of nitrogens with zero attached hydrogens (tertiary/aromatic N) is 2. The summed E-state index contributed by atoms with van der Waals surface area (Å²) in [7, 11) is 0. The molecule has 3 aliphatic rings. The van der Waals surface area contributed by atoms with E-state index in [0.29, 0.717) is 34.0 Å². The summed E-state index contributed by atoms with van der Waals surface area (Å²) in [5.74, 6) is 1.98. The van der Waals surface area contributed by atoms with E-state index in [4.69, 9.17) is 39.7 Å². The van der Waals surface area contributed by atoms with Crippen molar-refractivity contribution in [2.24, 2.45) is 22.4 Å². The number of hydrogen-bond donors (Lipinski definition) is 6. The van der Waals surface area contributed by atoms with Gasteiger partial charge in [-0.25, -0.2) is 10.4 Å². The van der Waals surface area contributed by atoms with E-state index in [1.54, 1.807) is 6.07 Å². The van der Waals surface area contributed by atoms with E-state index in [9.17, 15) is 0 Å². The Kier molecular flexibility index (Phi) is 6.58. The van der Waals surface area contributed by atoms with E-state index < -0.39 is 0 Å². The molecule has 3 aliphatic heterocycles. The van der Waals surface area contributed by atoms with Crippen LogP contribution >= 0.6 is 23.2 Å². The summed E-state index contributed by atoms with van der Waals surface area (Å²) in [5, 5.41) is 7.91. The van der Waals surface area contributed by atoms with E-state index in [2.05, 4.69) is 26.4 Å². The topological polar surface area (TPSA) is 116 Å². The largest absolute Gasteiger partial charge is 0.399 e. The van der Waals surface area contributed by atoms with Gasteiger partial charge >= 0.3 is 0 Å². The van der Waals surface area contributed by atoms with E-state index >= 15 is 0 Å². The summed E-state index contributed by atoms with van der Waals surface area (Å²) in [4.78, 5) is 6.92. The summed E-state index contributed by atoms with van der Waals surface area (Å²) >= 11 is 12.5. The summed E-state index contributed by atoms with van der Waals surface area (Å²) in [6.45, 7) is 4.11. The lowest BCUT2D eigenvalue weighted by molar-refractivity contribution is 0.320. The predicted molar refractivity (Wildman–Crippen MR) is 121 cm³/mol. The minimum Gasteiger partial charge on any atom is -0.399 e. The molecule has 0 aromatic heterocycles. The van der Waals surface area contributed by atoms with Crippen molar-refractivity contribution in [3.63, 3.8) is 0 Å². The van der Waals surface area contributed by atoms with Gasteiger partial charge in [-0.2, -0.15) is 0 Å². The van der Waals surface area contributed by atoms with Gasteiger partial charge in [-0.1, -0.05) is 23.2 Å². The van der Waals surface area contributed by atoms with Gasteiger partial charge in [-0.05, 0) is 55.8 Å². The second kappa shape index (κ2) is 9.34. The Morgan fingerprint density at radius 3 is 2.83 bits per heavy atom. The maximum atomic E-state index is 6.42. The van der Waals surface area contributed by atoms with E-state index in [0.717, 1.165) is 56.1 Å². The quantitative estimate of drug-likeness (QED) is 0.399. The Hall–Kier alpha value is -2.13. The summed E-state index contributed by atoms with van der Waals surface area (Å²) < 4.78 is 0. The summed E-state index contributed by atoms with van der Waals surface area (Å²) in [5.41, 5.74) is 21.4. The highest BCUT2D eigenvalue weighted by molar-refractivity contribution is 6.33. The number of nitrogens with two attached hydrogens (primary N) is 2. The van der Waals surface area contributed by atoms with Crippen LogP contribution in [0.3, 0.4) is 0 Å². The number of aliphatic imine (C=N–C) groups is 1. The number of rotatable bonds is 5. The second-order valence-electron chi connectivity index (χ2n) is 7.74. The molecule has 1 atom stereocenters. The highest BCUT2D eigenvalue weighted by Gasteiger charge is 2.27. The van der Waals surface area contributed by atoms with Crippen LogP contribution in [0.25, 0.3) is 0 Å². The number of allylic oxidation sites excluding steroid dienone is 1. The summed E-state index contributed by atoms with van der Waals surface area (Å²) in [6, 6.07) is 5.47. The molecule has 0 amide bonds. The average Bonchev–Trinajstić information content (AvgIpc) is 3.24. The third-order valence-electron chi connectivity index (χ3n) is 5.63. The first-order valence-corrected chi connectivity index (χ1v) is 11.0. The predicted octanol–water partition coefficient (Wildman–Crippen LogP) is 1.20. The van der Waals surface area contributed by atoms with Crippen LogP contribution in [0.15, 0.2) is 46.5 Å². The molecule has 1 unspecified atom stereocenters. The van der Waals surface area contributed by atoms with Crippen LogP contribution in [0, 0.1) is 5.92 Å². The van der Waals surface area contributed by atoms with E-state index in [1.807, 2.05) is 18.2 Å². The number of halogens is 2. The molecule has 0 radical (unpaired) electrons. The van der Waals surface area contributed by atoms with Gasteiger partial charge in [0.05, 0.1) is 11.4 Å². The number of piperidine rings is 1. The molecule has 4 rings (SSSR count). The maximum absolute atomic E-state index is 6.42. The fourth-order valence-electron chi connectivity index (χ4n) is 3.95. The van der Waals surface area contributed by atoms with Crippen molar-refractivity contribution in [2.75, 3.05) is 26.2 Å². The Bertz CT molecular complexity index is 876. The zero-order chi connectivity index (χ0) is 21.1. The molecule has 0 bridgehead atoms. The van der Waals surface area contributed by atoms with Gasteiger partial charge in [0.2, 0.25) is 0 Å². The second-order valence-corrected chi connectivity index (χ2v) is 8.58. The van der Waals surface area contributed by atoms with Gasteiger partial charge in [-0.3, -0.25) is 0 Å². The molecular formula is C20H28Cl2N8. The molecule has 0 aliphatic carbocycles. The van der Waals surface area contributed by atoms with Crippen molar-refractivity contribution in [3.05, 3.63) is 57.1 Å². The number of benzene rings is 1. The first kappa shape index (κ1) is 21.1. The molecule has 1 aromatic rings. The van der Waals surface area contributed by atoms with Crippen molar-refractivity contribution < 1.29 is 0 Å². The third-order valence-corrected chi connectivity index (χ3v) is 6.24. The van der Waals surface area contributed by atoms with Gasteiger partial charge in [0.15, 0.2) is 6.17 Å². The van der Waals surface area contributed by atoms with Crippen LogP contribution in [0.5, 0.6) is 0 Å². The van der Waals surface area contributed by atoms with Gasteiger partial charge in [0, 0.05) is 35.6 Å². The van der Waals surface area contributed by atoms with Crippen molar-refractivity contribution in [2.45, 2.75) is 25.6 Å². The van der Waals surface area contributed by atoms with Crippen LogP contribution in [0.2, 0.25) is 10.0 Å². The third kappa shape index (κ3) is 4.78. The first-order chi connectivity index (χ1) is 14.5. The molecule has 8 nitrogen and oxygen atoms in total. The Morgan fingerprint density at radius 1 is 1.23 bits per heavy atom. The molecule has 1 aromatic carbocycles. The molecule has 30 heavy (non-hydrogen) atoms. The normalized spacial score (nSPS) is 23.3. The standard InChI is InChI=1S/C20H28Cl2N8/c21-14-1-2-15(22)13(9-14)11-30-8-7-26-18(24)17(30)10-16(23)20-27-19(28-29-20)12-3-5-25-6-4-12/h1-2,9-10,12,20,25-26,29H,3-8,11,23-24H2,(H,27,28)/b16-10-. The number of hydrazine groups is 1. The molecule has 0 spiro atoms. The lowest BCUT2D eigenvalue weighted by Crippen LogP contribution is -2.43. The first-order valence-electron chi connectivity index (χ1n) is 10.2. The van der Waals surface area contributed by atoms with Gasteiger partial charge in [-0.15, -0.1) is 0 Å². The monoisotopic (exact) mass is 450 g/mol. The van der Waals surface area contributed by atoms with E-state index in [1.165, 1.54) is 0 Å². The maximum Gasteiger partial charge on any atom is 0.158 e. The minimum absolute atomic E-state index is 0.325. The van der Waals surface area contributed by atoms with Gasteiger partial charge in [0.1, 0.15) is 11.7 Å². The molecule has 0 saturated carbocycles. The Balaban J connectivity index is 1.52. The van der Waals surface area contributed by atoms with Gasteiger partial charge in [0.25, 0.3) is 0 Å². The highest BCUT2D eigenvalue weighted by Crippen LogP contribution is 2.25. The fourth-order valence-corrected chi connectivity index (χ4v) is 4.33. The lowest BCUT2D eigenvalue weighted by atomic mass is 9.97. The lowest BCUT2D eigenvalue weighted by Gasteiger charge is -2.32. The summed E-state index contributed by atoms with van der Waals surface area (Å²) in [6.07, 6.45) is 3.70. The fraction of sp³-hybridized carbons (Fsp3) is 0.450. The van der Waals surface area contributed by atoms with Crippen LogP contribution in [0.4, 0.5) is 0 Å². The zero-order valence-electron chi connectivity index (χ0n) is 16.7. The van der Waals surface area contributed by atoms with Crippen molar-refractivity contribution in [1.29, 1.82) is 0 Å². The van der Waals surface area contributed by atoms with Gasteiger partial charge < -0.3 is 32.4 Å². The molecule has 1 saturated heterocycles. The van der Waals surface area contributed by atoms with Crippen molar-refractivity contribution >= 4 is 29.0 Å². The van der Waals surface area contributed by atoms with Crippen molar-refractivity contribution in [3.8, 4) is 0 Å². The van der Waals surface area contributed by atoms with Crippen LogP contribution in [-0.4, -0.2) is 43.1 Å². The molecule has 162 valence electrons. The van der Waals surface area contributed by atoms with Crippen LogP contribution in [0.1, 0.15) is 18.4 Å². The van der Waals surface area contributed by atoms with E-state index in [-0.39, 0.29) is 6.17 Å². The average molecular weight is 451 g/mol. The number of nitrogens with one attached hydrogen (secondary N) is 4.